The minimum Gasteiger partial charge on any atom is -0.508 e. The molecule has 2 aromatic carbocycles. The van der Waals surface area contributed by atoms with Crippen molar-refractivity contribution in [3.63, 3.8) is 0 Å². The summed E-state index contributed by atoms with van der Waals surface area (Å²) in [6.45, 7) is 2.62. The smallest absolute Gasteiger partial charge is 0.193 e. The number of benzene rings is 2. The third-order valence-corrected chi connectivity index (χ3v) is 2.92. The molecule has 0 aliphatic rings. The molecule has 0 atom stereocenters. The van der Waals surface area contributed by atoms with Gasteiger partial charge in [-0.3, -0.25) is 4.99 Å². The molecule has 0 aliphatic heterocycles. The number of halogens is 1. The Labute approximate surface area is 142 Å². The number of hydrogen-bond donors (Lipinski definition) is 3. The summed E-state index contributed by atoms with van der Waals surface area (Å²) >= 11 is 0. The highest BCUT2D eigenvalue weighted by Gasteiger charge is 1.96. The lowest BCUT2D eigenvalue weighted by atomic mass is 10.1. The number of phenolic OH excluding ortho intramolecular Hbond substituents is 1. The monoisotopic (exact) mass is 397 g/mol. The first-order valence-electron chi connectivity index (χ1n) is 6.55. The van der Waals surface area contributed by atoms with Crippen molar-refractivity contribution < 1.29 is 5.11 Å². The summed E-state index contributed by atoms with van der Waals surface area (Å²) in [5, 5.41) is 12.4. The maximum Gasteiger partial charge on any atom is 0.193 e. The van der Waals surface area contributed by atoms with Crippen molar-refractivity contribution in [2.24, 2.45) is 10.7 Å². The number of aliphatic imine (C=N–C) groups is 1. The molecule has 0 amide bonds. The molecule has 0 fully saturated rings. The van der Waals surface area contributed by atoms with Gasteiger partial charge in [0.1, 0.15) is 5.75 Å². The molecular formula is C16H20IN3O. The molecule has 0 aromatic heterocycles. The Balaban J connectivity index is 0.00000220. The Morgan fingerprint density at radius 2 is 1.90 bits per heavy atom. The van der Waals surface area contributed by atoms with Gasteiger partial charge in [0.2, 0.25) is 0 Å². The normalized spacial score (nSPS) is 10.8. The lowest BCUT2D eigenvalue weighted by molar-refractivity contribution is 0.474. The SMILES string of the molecule is Cc1ccc(NC(N)=NCCc2cccc(O)c2)cc1.I. The van der Waals surface area contributed by atoms with Crippen LogP contribution in [0.2, 0.25) is 0 Å². The first-order valence-corrected chi connectivity index (χ1v) is 6.55. The number of nitrogens with one attached hydrogen (secondary N) is 1. The summed E-state index contributed by atoms with van der Waals surface area (Å²) in [5.74, 6) is 0.672. The zero-order chi connectivity index (χ0) is 14.4. The summed E-state index contributed by atoms with van der Waals surface area (Å²) in [5.41, 5.74) is 8.99. The highest BCUT2D eigenvalue weighted by atomic mass is 127. The van der Waals surface area contributed by atoms with E-state index in [1.807, 2.05) is 43.3 Å². The zero-order valence-corrected chi connectivity index (χ0v) is 14.2. The van der Waals surface area contributed by atoms with E-state index in [2.05, 4.69) is 10.3 Å². The maximum absolute atomic E-state index is 9.37. The average molecular weight is 397 g/mol. The van der Waals surface area contributed by atoms with E-state index < -0.39 is 0 Å². The molecule has 2 aromatic rings. The predicted octanol–water partition coefficient (Wildman–Crippen LogP) is 3.29. The first-order chi connectivity index (χ1) is 9.63. The van der Waals surface area contributed by atoms with Crippen molar-refractivity contribution in [2.45, 2.75) is 13.3 Å². The van der Waals surface area contributed by atoms with Crippen molar-refractivity contribution in [3.8, 4) is 5.75 Å². The van der Waals surface area contributed by atoms with Gasteiger partial charge in [-0.25, -0.2) is 0 Å². The van der Waals surface area contributed by atoms with Crippen LogP contribution in [0.5, 0.6) is 5.75 Å². The summed E-state index contributed by atoms with van der Waals surface area (Å²) < 4.78 is 0. The second kappa shape index (κ2) is 8.51. The fourth-order valence-electron chi connectivity index (χ4n) is 1.84. The number of anilines is 1. The fourth-order valence-corrected chi connectivity index (χ4v) is 1.84. The Morgan fingerprint density at radius 3 is 2.57 bits per heavy atom. The van der Waals surface area contributed by atoms with Gasteiger partial charge in [0, 0.05) is 12.2 Å². The van der Waals surface area contributed by atoms with Gasteiger partial charge in [-0.15, -0.1) is 24.0 Å². The van der Waals surface area contributed by atoms with Gasteiger partial charge >= 0.3 is 0 Å². The number of nitrogens with two attached hydrogens (primary N) is 1. The van der Waals surface area contributed by atoms with Crippen molar-refractivity contribution in [1.29, 1.82) is 0 Å². The molecule has 21 heavy (non-hydrogen) atoms. The van der Waals surface area contributed by atoms with E-state index in [4.69, 9.17) is 5.73 Å². The minimum atomic E-state index is 0. The Bertz CT molecular complexity index is 597. The Morgan fingerprint density at radius 1 is 1.19 bits per heavy atom. The summed E-state index contributed by atoms with van der Waals surface area (Å²) in [4.78, 5) is 4.27. The van der Waals surface area contributed by atoms with Crippen molar-refractivity contribution in [1.82, 2.24) is 0 Å². The molecule has 4 nitrogen and oxygen atoms in total. The van der Waals surface area contributed by atoms with Crippen LogP contribution in [0.1, 0.15) is 11.1 Å². The van der Waals surface area contributed by atoms with Crippen LogP contribution in [0.3, 0.4) is 0 Å². The molecule has 0 aliphatic carbocycles. The molecule has 0 bridgehead atoms. The highest BCUT2D eigenvalue weighted by Crippen LogP contribution is 2.11. The third-order valence-electron chi connectivity index (χ3n) is 2.92. The Kier molecular flexibility index (Phi) is 7.01. The largest absolute Gasteiger partial charge is 0.508 e. The van der Waals surface area contributed by atoms with Crippen molar-refractivity contribution >= 4 is 35.6 Å². The molecule has 0 unspecified atom stereocenters. The maximum atomic E-state index is 9.37. The third kappa shape index (κ3) is 6.03. The lowest BCUT2D eigenvalue weighted by Gasteiger charge is -2.06. The van der Waals surface area contributed by atoms with Crippen LogP contribution in [-0.2, 0) is 6.42 Å². The van der Waals surface area contributed by atoms with Crippen LogP contribution in [0.4, 0.5) is 5.69 Å². The van der Waals surface area contributed by atoms with Crippen molar-refractivity contribution in [2.75, 3.05) is 11.9 Å². The van der Waals surface area contributed by atoms with E-state index in [0.29, 0.717) is 12.5 Å². The van der Waals surface area contributed by atoms with Gasteiger partial charge in [0.25, 0.3) is 0 Å². The molecule has 112 valence electrons. The van der Waals surface area contributed by atoms with Gasteiger partial charge < -0.3 is 16.2 Å². The molecular weight excluding hydrogens is 377 g/mol. The number of guanidine groups is 1. The van der Waals surface area contributed by atoms with Crippen LogP contribution in [0.25, 0.3) is 0 Å². The van der Waals surface area contributed by atoms with Gasteiger partial charge in [0.15, 0.2) is 5.96 Å². The summed E-state index contributed by atoms with van der Waals surface area (Å²) in [6, 6.07) is 15.1. The van der Waals surface area contributed by atoms with Gasteiger partial charge in [-0.05, 0) is 43.2 Å². The predicted molar refractivity (Wildman–Crippen MR) is 98.5 cm³/mol. The van der Waals surface area contributed by atoms with E-state index in [-0.39, 0.29) is 29.7 Å². The lowest BCUT2D eigenvalue weighted by Crippen LogP contribution is -2.23. The van der Waals surface area contributed by atoms with E-state index in [0.717, 1.165) is 17.7 Å². The molecule has 0 heterocycles. The van der Waals surface area contributed by atoms with Gasteiger partial charge in [-0.1, -0.05) is 29.8 Å². The zero-order valence-electron chi connectivity index (χ0n) is 11.9. The number of nitrogens with zero attached hydrogens (tertiary/aromatic N) is 1. The van der Waals surface area contributed by atoms with Crippen LogP contribution in [0.15, 0.2) is 53.5 Å². The van der Waals surface area contributed by atoms with Crippen LogP contribution in [-0.4, -0.2) is 17.6 Å². The second-order valence-corrected chi connectivity index (χ2v) is 4.68. The molecule has 5 heteroatoms. The summed E-state index contributed by atoms with van der Waals surface area (Å²) in [7, 11) is 0. The van der Waals surface area contributed by atoms with E-state index >= 15 is 0 Å². The molecule has 0 saturated heterocycles. The van der Waals surface area contributed by atoms with E-state index in [9.17, 15) is 5.11 Å². The standard InChI is InChI=1S/C16H19N3O.HI/c1-12-5-7-14(8-6-12)19-16(17)18-10-9-13-3-2-4-15(20)11-13;/h2-8,11,20H,9-10H2,1H3,(H3,17,18,19);1H. The number of hydrogen-bond acceptors (Lipinski definition) is 2. The molecule has 0 radical (unpaired) electrons. The van der Waals surface area contributed by atoms with Crippen molar-refractivity contribution in [3.05, 3.63) is 59.7 Å². The highest BCUT2D eigenvalue weighted by molar-refractivity contribution is 14.0. The quantitative estimate of drug-likeness (QED) is 0.421. The fraction of sp³-hybridized carbons (Fsp3) is 0.188. The van der Waals surface area contributed by atoms with Crippen LogP contribution < -0.4 is 11.1 Å². The molecule has 4 N–H and O–H groups in total. The van der Waals surface area contributed by atoms with Gasteiger partial charge in [0.05, 0.1) is 0 Å². The van der Waals surface area contributed by atoms with Gasteiger partial charge in [-0.2, -0.15) is 0 Å². The molecule has 0 spiro atoms. The van der Waals surface area contributed by atoms with Crippen LogP contribution in [0, 0.1) is 6.92 Å². The molecule has 2 rings (SSSR count). The number of rotatable bonds is 4. The second-order valence-electron chi connectivity index (χ2n) is 4.68. The van der Waals surface area contributed by atoms with E-state index in [1.165, 1.54) is 5.56 Å². The molecule has 0 saturated carbocycles. The number of aryl methyl sites for hydroxylation is 1. The van der Waals surface area contributed by atoms with E-state index in [1.54, 1.807) is 12.1 Å². The first kappa shape index (κ1) is 17.3. The Hall–Kier alpha value is -1.76. The topological polar surface area (TPSA) is 70.6 Å². The van der Waals surface area contributed by atoms with Crippen LogP contribution >= 0.6 is 24.0 Å². The number of aromatic hydroxyl groups is 1. The average Bonchev–Trinajstić information content (AvgIpc) is 2.41. The number of phenols is 1. The summed E-state index contributed by atoms with van der Waals surface area (Å²) in [6.07, 6.45) is 0.741. The minimum absolute atomic E-state index is 0.